The van der Waals surface area contributed by atoms with Crippen LogP contribution in [0.25, 0.3) is 0 Å². The SMILES string of the molecule is [B]C([B])(O)C1=CC2c3c(cc(CCCCC)cc3OP(=O)(NC(C)C(=O)OC(C)C)C(=O)OCC)OC(C)(C)C2CC1. The Morgan fingerprint density at radius 3 is 2.50 bits per heavy atom. The van der Waals surface area contributed by atoms with E-state index >= 15 is 0 Å². The number of hydrogen-bond donors (Lipinski definition) is 2. The number of hydrogen-bond acceptors (Lipinski definition) is 8. The van der Waals surface area contributed by atoms with Crippen LogP contribution in [-0.2, 0) is 25.3 Å². The van der Waals surface area contributed by atoms with Gasteiger partial charge in [-0.25, -0.2) is 14.4 Å². The van der Waals surface area contributed by atoms with E-state index in [2.05, 4.69) is 12.0 Å². The number of carbonyl (C=O) groups is 2. The number of allylic oxidation sites excluding steroid dienone is 1. The Labute approximate surface area is 252 Å². The number of fused-ring (bicyclic) bond motifs is 3. The summed E-state index contributed by atoms with van der Waals surface area (Å²) in [4.78, 5) is 25.7. The van der Waals surface area contributed by atoms with Gasteiger partial charge >= 0.3 is 19.2 Å². The van der Waals surface area contributed by atoms with E-state index in [1.165, 1.54) is 6.92 Å². The number of unbranched alkanes of at least 4 members (excludes halogenated alkanes) is 2. The summed E-state index contributed by atoms with van der Waals surface area (Å²) in [7, 11) is 7.26. The molecule has 4 atom stereocenters. The van der Waals surface area contributed by atoms with E-state index in [9.17, 15) is 19.3 Å². The van der Waals surface area contributed by atoms with Gasteiger partial charge in [0.15, 0.2) is 0 Å². The Bertz CT molecular complexity index is 1230. The van der Waals surface area contributed by atoms with Crippen LogP contribution in [0.1, 0.15) is 97.6 Å². The number of ether oxygens (including phenoxy) is 3. The van der Waals surface area contributed by atoms with Crippen LogP contribution < -0.4 is 14.3 Å². The van der Waals surface area contributed by atoms with Crippen molar-refractivity contribution in [3.8, 4) is 11.5 Å². The molecule has 0 fully saturated rings. The molecular formula is C30H44B2NO8P. The Hall–Kier alpha value is -2.22. The Kier molecular flexibility index (Phi) is 11.1. The lowest BCUT2D eigenvalue weighted by molar-refractivity contribution is -0.149. The second-order valence-corrected chi connectivity index (χ2v) is 13.9. The monoisotopic (exact) mass is 599 g/mol. The summed E-state index contributed by atoms with van der Waals surface area (Å²) in [5, 5.41) is 11.0. The molecule has 12 heteroatoms. The maximum Gasteiger partial charge on any atom is 0.424 e. The third-order valence-electron chi connectivity index (χ3n) is 7.69. The number of esters is 1. The Morgan fingerprint density at radius 1 is 1.21 bits per heavy atom. The van der Waals surface area contributed by atoms with Crippen molar-refractivity contribution in [3.05, 3.63) is 34.9 Å². The standard InChI is InChI=1S/C30H44B2NO8P/c1-8-10-11-12-20-15-24-26(22-17-21(30(31,32)36)13-14-23(22)29(6,7)40-24)25(16-20)41-42(37,28(35)38-9-2)33-19(5)27(34)39-18(3)4/h15-19,22-23,36H,8-14H2,1-7H3,(H,33,37). The number of aryl methyl sites for hydroxylation is 1. The van der Waals surface area contributed by atoms with E-state index < -0.39 is 42.3 Å². The first-order valence-electron chi connectivity index (χ1n) is 14.8. The minimum atomic E-state index is -4.51. The highest BCUT2D eigenvalue weighted by atomic mass is 31.2. The van der Waals surface area contributed by atoms with Gasteiger partial charge in [0, 0.05) is 22.8 Å². The second kappa shape index (κ2) is 13.6. The zero-order valence-electron chi connectivity index (χ0n) is 25.9. The molecular weight excluding hydrogens is 555 g/mol. The minimum Gasteiger partial charge on any atom is -0.487 e. The zero-order chi connectivity index (χ0) is 31.5. The lowest BCUT2D eigenvalue weighted by Gasteiger charge is -2.48. The fourth-order valence-electron chi connectivity index (χ4n) is 5.64. The summed E-state index contributed by atoms with van der Waals surface area (Å²) in [5.74, 6) is -0.469. The molecule has 0 saturated heterocycles. The number of nitrogens with one attached hydrogen (secondary N) is 1. The van der Waals surface area contributed by atoms with Crippen molar-refractivity contribution in [1.29, 1.82) is 0 Å². The molecule has 1 aromatic rings. The Balaban J connectivity index is 2.18. The van der Waals surface area contributed by atoms with Crippen molar-refractivity contribution >= 4 is 34.9 Å². The smallest absolute Gasteiger partial charge is 0.424 e. The molecule has 1 heterocycles. The van der Waals surface area contributed by atoms with E-state index in [4.69, 9.17) is 34.4 Å². The highest BCUT2D eigenvalue weighted by Crippen LogP contribution is 2.57. The van der Waals surface area contributed by atoms with E-state index in [0.717, 1.165) is 24.8 Å². The van der Waals surface area contributed by atoms with Crippen LogP contribution in [0.5, 0.6) is 11.5 Å². The normalized spacial score (nSPS) is 21.6. The first-order valence-corrected chi connectivity index (χ1v) is 16.5. The molecule has 9 nitrogen and oxygen atoms in total. The van der Waals surface area contributed by atoms with Crippen molar-refractivity contribution in [3.63, 3.8) is 0 Å². The molecule has 2 N–H and O–H groups in total. The van der Waals surface area contributed by atoms with Gasteiger partial charge in [-0.05, 0) is 84.9 Å². The van der Waals surface area contributed by atoms with Crippen LogP contribution in [0.3, 0.4) is 0 Å². The quantitative estimate of drug-likeness (QED) is 0.0975. The first kappa shape index (κ1) is 34.3. The second-order valence-electron chi connectivity index (χ2n) is 12.0. The topological polar surface area (TPSA) is 120 Å². The molecule has 42 heavy (non-hydrogen) atoms. The van der Waals surface area contributed by atoms with Crippen molar-refractivity contribution in [1.82, 2.24) is 5.09 Å². The van der Waals surface area contributed by atoms with Gasteiger partial charge in [0.1, 0.15) is 38.8 Å². The summed E-state index contributed by atoms with van der Waals surface area (Å²) in [6.45, 7) is 12.5. The molecule has 1 aliphatic carbocycles. The zero-order valence-corrected chi connectivity index (χ0v) is 26.8. The molecule has 0 amide bonds. The number of carbonyl (C=O) groups excluding carboxylic acids is 2. The average Bonchev–Trinajstić information content (AvgIpc) is 2.87. The van der Waals surface area contributed by atoms with Crippen LogP contribution in [-0.4, -0.2) is 62.2 Å². The number of rotatable bonds is 13. The molecule has 4 unspecified atom stereocenters. The minimum absolute atomic E-state index is 0.0481. The van der Waals surface area contributed by atoms with Crippen molar-refractivity contribution < 1.29 is 38.0 Å². The lowest BCUT2D eigenvalue weighted by atomic mass is 9.56. The summed E-state index contributed by atoms with van der Waals surface area (Å²) in [6.07, 6.45) is 6.16. The predicted molar refractivity (Wildman–Crippen MR) is 163 cm³/mol. The van der Waals surface area contributed by atoms with Gasteiger partial charge < -0.3 is 23.8 Å². The summed E-state index contributed by atoms with van der Waals surface area (Å²) in [6, 6.07) is 2.57. The molecule has 1 aromatic carbocycles. The van der Waals surface area contributed by atoms with Gasteiger partial charge in [-0.2, -0.15) is 0 Å². The van der Waals surface area contributed by atoms with Gasteiger partial charge in [0.05, 0.1) is 12.7 Å². The first-order chi connectivity index (χ1) is 19.5. The van der Waals surface area contributed by atoms with Gasteiger partial charge in [-0.1, -0.05) is 31.4 Å². The highest BCUT2D eigenvalue weighted by molar-refractivity contribution is 7.74. The van der Waals surface area contributed by atoms with Crippen molar-refractivity contribution in [2.75, 3.05) is 6.61 Å². The molecule has 1 aliphatic heterocycles. The highest BCUT2D eigenvalue weighted by Gasteiger charge is 2.48. The molecule has 0 saturated carbocycles. The van der Waals surface area contributed by atoms with Gasteiger partial charge in [0.25, 0.3) is 0 Å². The van der Waals surface area contributed by atoms with Crippen LogP contribution in [0.4, 0.5) is 4.79 Å². The maximum atomic E-state index is 14.3. The van der Waals surface area contributed by atoms with Crippen LogP contribution >= 0.6 is 7.52 Å². The van der Waals surface area contributed by atoms with Crippen LogP contribution in [0.15, 0.2) is 23.8 Å². The summed E-state index contributed by atoms with van der Waals surface area (Å²) >= 11 is 0. The van der Waals surface area contributed by atoms with Gasteiger partial charge in [-0.15, -0.1) is 0 Å². The van der Waals surface area contributed by atoms with Crippen molar-refractivity contribution in [2.45, 2.75) is 116 Å². The van der Waals surface area contributed by atoms with Gasteiger partial charge in [-0.3, -0.25) is 4.79 Å². The molecule has 2 aliphatic rings. The third kappa shape index (κ3) is 8.03. The predicted octanol–water partition coefficient (Wildman–Crippen LogP) is 5.65. The molecule has 0 spiro atoms. The molecule has 228 valence electrons. The van der Waals surface area contributed by atoms with E-state index in [0.29, 0.717) is 36.1 Å². The largest absolute Gasteiger partial charge is 0.487 e. The lowest BCUT2D eigenvalue weighted by Crippen LogP contribution is -2.47. The van der Waals surface area contributed by atoms with E-state index in [1.807, 2.05) is 26.0 Å². The molecule has 0 bridgehead atoms. The number of benzene rings is 1. The summed E-state index contributed by atoms with van der Waals surface area (Å²) < 4.78 is 37.4. The summed E-state index contributed by atoms with van der Waals surface area (Å²) in [5.41, 5.74) is 0.179. The fraction of sp³-hybridized carbons (Fsp3) is 0.667. The average molecular weight is 599 g/mol. The van der Waals surface area contributed by atoms with Gasteiger partial charge in [0.2, 0.25) is 0 Å². The van der Waals surface area contributed by atoms with E-state index in [-0.39, 0.29) is 24.2 Å². The molecule has 0 aromatic heterocycles. The third-order valence-corrected chi connectivity index (χ3v) is 9.48. The maximum absolute atomic E-state index is 14.3. The van der Waals surface area contributed by atoms with E-state index in [1.54, 1.807) is 26.8 Å². The number of aliphatic hydroxyl groups is 1. The Morgan fingerprint density at radius 2 is 1.90 bits per heavy atom. The molecule has 3 rings (SSSR count). The fourth-order valence-corrected chi connectivity index (χ4v) is 7.21. The van der Waals surface area contributed by atoms with Crippen molar-refractivity contribution in [2.24, 2.45) is 5.92 Å². The molecule has 4 radical (unpaired) electrons. The van der Waals surface area contributed by atoms with Crippen LogP contribution in [0, 0.1) is 5.92 Å². The van der Waals surface area contributed by atoms with Crippen LogP contribution in [0.2, 0.25) is 0 Å².